The summed E-state index contributed by atoms with van der Waals surface area (Å²) < 4.78 is 17.6. The minimum Gasteiger partial charge on any atom is -0.444 e. The summed E-state index contributed by atoms with van der Waals surface area (Å²) in [5, 5.41) is 5.42. The van der Waals surface area contributed by atoms with E-state index in [0.717, 1.165) is 37.1 Å². The zero-order chi connectivity index (χ0) is 22.6. The number of nitrogens with zero attached hydrogens (tertiary/aromatic N) is 2. The summed E-state index contributed by atoms with van der Waals surface area (Å²) in [6, 6.07) is 5.43. The topological polar surface area (TPSA) is 64.8 Å². The highest BCUT2D eigenvalue weighted by Crippen LogP contribution is 2.48. The van der Waals surface area contributed by atoms with Gasteiger partial charge in [0.05, 0.1) is 22.8 Å². The van der Waals surface area contributed by atoms with Crippen LogP contribution in [-0.2, 0) is 16.1 Å². The van der Waals surface area contributed by atoms with Crippen LogP contribution in [0.1, 0.15) is 57.3 Å². The van der Waals surface area contributed by atoms with Crippen molar-refractivity contribution < 1.29 is 18.8 Å². The van der Waals surface area contributed by atoms with E-state index in [1.807, 2.05) is 31.7 Å². The fourth-order valence-corrected chi connectivity index (χ4v) is 5.33. The van der Waals surface area contributed by atoms with Gasteiger partial charge in [0, 0.05) is 36.1 Å². The second-order valence-corrected chi connectivity index (χ2v) is 11.0. The summed E-state index contributed by atoms with van der Waals surface area (Å²) >= 11 is 12.9. The molecule has 5 rings (SSSR count). The number of amides is 1. The molecule has 2 aliphatic carbocycles. The van der Waals surface area contributed by atoms with Gasteiger partial charge in [0.2, 0.25) is 0 Å². The van der Waals surface area contributed by atoms with Crippen LogP contribution in [0.4, 0.5) is 4.79 Å². The van der Waals surface area contributed by atoms with Crippen LogP contribution in [0.25, 0.3) is 11.3 Å². The lowest BCUT2D eigenvalue weighted by Crippen LogP contribution is -2.42. The minimum atomic E-state index is -0.488. The van der Waals surface area contributed by atoms with E-state index in [9.17, 15) is 4.79 Å². The van der Waals surface area contributed by atoms with Crippen molar-refractivity contribution in [3.8, 4) is 11.3 Å². The molecule has 2 heterocycles. The lowest BCUT2D eigenvalue weighted by molar-refractivity contribution is -0.0750. The molecule has 3 aliphatic rings. The predicted molar refractivity (Wildman–Crippen MR) is 122 cm³/mol. The number of ether oxygens (including phenoxy) is 2. The molecule has 0 spiro atoms. The molecule has 32 heavy (non-hydrogen) atoms. The average molecular weight is 479 g/mol. The van der Waals surface area contributed by atoms with Crippen LogP contribution in [0.3, 0.4) is 0 Å². The van der Waals surface area contributed by atoms with E-state index in [0.29, 0.717) is 52.2 Å². The van der Waals surface area contributed by atoms with E-state index in [-0.39, 0.29) is 12.2 Å². The van der Waals surface area contributed by atoms with Gasteiger partial charge in [-0.15, -0.1) is 0 Å². The van der Waals surface area contributed by atoms with Crippen LogP contribution in [0.5, 0.6) is 0 Å². The SMILES string of the molecule is CC(C)(C)OC(=O)N1CC2CC(OCc3c(-c4c(Cl)cccc4Cl)noc3C3CC3)C2C1. The number of halogens is 2. The van der Waals surface area contributed by atoms with Crippen molar-refractivity contribution >= 4 is 29.3 Å². The highest BCUT2D eigenvalue weighted by Gasteiger charge is 2.50. The lowest BCUT2D eigenvalue weighted by Gasteiger charge is -2.38. The molecule has 1 aliphatic heterocycles. The molecule has 3 atom stereocenters. The molecule has 0 N–H and O–H groups in total. The zero-order valence-corrected chi connectivity index (χ0v) is 20.1. The fourth-order valence-electron chi connectivity index (χ4n) is 4.75. The van der Waals surface area contributed by atoms with Crippen LogP contribution in [0, 0.1) is 11.8 Å². The quantitative estimate of drug-likeness (QED) is 0.504. The number of carbonyl (C=O) groups excluding carboxylic acids is 1. The molecule has 1 aromatic heterocycles. The van der Waals surface area contributed by atoms with E-state index in [1.165, 1.54) is 0 Å². The van der Waals surface area contributed by atoms with Crippen molar-refractivity contribution in [2.75, 3.05) is 13.1 Å². The zero-order valence-electron chi connectivity index (χ0n) is 18.6. The maximum atomic E-state index is 12.4. The van der Waals surface area contributed by atoms with Crippen molar-refractivity contribution in [3.05, 3.63) is 39.6 Å². The Morgan fingerprint density at radius 3 is 2.59 bits per heavy atom. The molecule has 172 valence electrons. The second kappa shape index (κ2) is 8.23. The first kappa shape index (κ1) is 22.1. The fraction of sp³-hybridized carbons (Fsp3) is 0.583. The number of likely N-dealkylation sites (tertiary alicyclic amines) is 1. The Morgan fingerprint density at radius 1 is 1.22 bits per heavy atom. The molecule has 3 unspecified atom stereocenters. The molecular formula is C24H28Cl2N2O4. The first-order chi connectivity index (χ1) is 15.2. The van der Waals surface area contributed by atoms with Crippen molar-refractivity contribution in [1.82, 2.24) is 10.1 Å². The number of hydrogen-bond acceptors (Lipinski definition) is 5. The largest absolute Gasteiger partial charge is 0.444 e. The van der Waals surface area contributed by atoms with Gasteiger partial charge < -0.3 is 18.9 Å². The van der Waals surface area contributed by atoms with Crippen LogP contribution in [-0.4, -0.2) is 40.9 Å². The third-order valence-electron chi connectivity index (χ3n) is 6.56. The Balaban J connectivity index is 1.28. The molecule has 1 saturated heterocycles. The van der Waals surface area contributed by atoms with Gasteiger partial charge >= 0.3 is 6.09 Å². The summed E-state index contributed by atoms with van der Waals surface area (Å²) in [5.74, 6) is 2.07. The van der Waals surface area contributed by atoms with Gasteiger partial charge in [-0.25, -0.2) is 4.79 Å². The monoisotopic (exact) mass is 478 g/mol. The maximum absolute atomic E-state index is 12.4. The Labute approximate surface area is 198 Å². The highest BCUT2D eigenvalue weighted by atomic mass is 35.5. The van der Waals surface area contributed by atoms with Crippen LogP contribution < -0.4 is 0 Å². The third kappa shape index (κ3) is 4.25. The van der Waals surface area contributed by atoms with Crippen molar-refractivity contribution in [2.45, 2.75) is 64.3 Å². The first-order valence-corrected chi connectivity index (χ1v) is 12.0. The van der Waals surface area contributed by atoms with Crippen molar-refractivity contribution in [3.63, 3.8) is 0 Å². The predicted octanol–water partition coefficient (Wildman–Crippen LogP) is 6.30. The molecule has 1 aromatic carbocycles. The molecule has 8 heteroatoms. The number of aromatic nitrogens is 1. The standard InChI is InChI=1S/C24H28Cl2N2O4/c1-24(2,3)31-23(29)28-10-14-9-19(15(14)11-28)30-12-16-21(27-32-22(16)13-7-8-13)20-17(25)5-4-6-18(20)26/h4-6,13-15,19H,7-12H2,1-3H3. The Hall–Kier alpha value is -1.76. The normalized spacial score (nSPS) is 24.9. The summed E-state index contributed by atoms with van der Waals surface area (Å²) in [7, 11) is 0. The van der Waals surface area contributed by atoms with Gasteiger partial charge in [-0.3, -0.25) is 0 Å². The third-order valence-corrected chi connectivity index (χ3v) is 7.19. The molecular weight excluding hydrogens is 451 g/mol. The summed E-state index contributed by atoms with van der Waals surface area (Å²) in [4.78, 5) is 14.3. The molecule has 0 bridgehead atoms. The summed E-state index contributed by atoms with van der Waals surface area (Å²) in [6.45, 7) is 7.47. The van der Waals surface area contributed by atoms with Gasteiger partial charge in [0.25, 0.3) is 0 Å². The molecule has 2 saturated carbocycles. The Morgan fingerprint density at radius 2 is 1.94 bits per heavy atom. The van der Waals surface area contributed by atoms with Crippen LogP contribution in [0.2, 0.25) is 10.0 Å². The number of rotatable bonds is 5. The van der Waals surface area contributed by atoms with Crippen LogP contribution >= 0.6 is 23.2 Å². The number of carbonyl (C=O) groups is 1. The van der Waals surface area contributed by atoms with E-state index in [1.54, 1.807) is 12.1 Å². The number of hydrogen-bond donors (Lipinski definition) is 0. The van der Waals surface area contributed by atoms with E-state index in [2.05, 4.69) is 5.16 Å². The van der Waals surface area contributed by atoms with Gasteiger partial charge in [0.15, 0.2) is 0 Å². The number of fused-ring (bicyclic) bond motifs is 1. The molecule has 3 fully saturated rings. The van der Waals surface area contributed by atoms with Crippen molar-refractivity contribution in [1.29, 1.82) is 0 Å². The van der Waals surface area contributed by atoms with Gasteiger partial charge in [-0.05, 0) is 58.1 Å². The lowest BCUT2D eigenvalue weighted by atomic mass is 9.73. The highest BCUT2D eigenvalue weighted by molar-refractivity contribution is 6.39. The van der Waals surface area contributed by atoms with E-state index < -0.39 is 5.60 Å². The van der Waals surface area contributed by atoms with E-state index in [4.69, 9.17) is 37.2 Å². The Kier molecular flexibility index (Phi) is 5.67. The second-order valence-electron chi connectivity index (χ2n) is 10.1. The van der Waals surface area contributed by atoms with Gasteiger partial charge in [-0.2, -0.15) is 0 Å². The molecule has 2 aromatic rings. The summed E-state index contributed by atoms with van der Waals surface area (Å²) in [6.07, 6.45) is 2.99. The maximum Gasteiger partial charge on any atom is 0.410 e. The molecule has 6 nitrogen and oxygen atoms in total. The molecule has 1 amide bonds. The van der Waals surface area contributed by atoms with Gasteiger partial charge in [-0.1, -0.05) is 34.4 Å². The first-order valence-electron chi connectivity index (χ1n) is 11.2. The van der Waals surface area contributed by atoms with Gasteiger partial charge in [0.1, 0.15) is 17.1 Å². The summed E-state index contributed by atoms with van der Waals surface area (Å²) in [5.41, 5.74) is 1.81. The van der Waals surface area contributed by atoms with E-state index >= 15 is 0 Å². The minimum absolute atomic E-state index is 0.101. The molecule has 0 radical (unpaired) electrons. The van der Waals surface area contributed by atoms with Crippen molar-refractivity contribution in [2.24, 2.45) is 11.8 Å². The average Bonchev–Trinajstić information content (AvgIpc) is 3.37. The smallest absolute Gasteiger partial charge is 0.410 e. The number of benzene rings is 1. The van der Waals surface area contributed by atoms with Crippen LogP contribution in [0.15, 0.2) is 22.7 Å². The Bertz CT molecular complexity index is 1010.